The van der Waals surface area contributed by atoms with Crippen LogP contribution in [0.5, 0.6) is 0 Å². The molecule has 0 aromatic rings. The third kappa shape index (κ3) is 31.5. The van der Waals surface area contributed by atoms with Crippen molar-refractivity contribution in [2.45, 2.75) is 161 Å². The minimum absolute atomic E-state index is 0. The Morgan fingerprint density at radius 3 is 1.21 bits per heavy atom. The summed E-state index contributed by atoms with van der Waals surface area (Å²) in [4.78, 5) is 0. The maximum Gasteiger partial charge on any atom is 0.267 e. The molecule has 0 aliphatic rings. The smallest absolute Gasteiger partial charge is 0.267 e. The molecule has 0 saturated heterocycles. The summed E-state index contributed by atoms with van der Waals surface area (Å²) in [7, 11) is -3.35. The fraction of sp³-hybridized carbons (Fsp3) is 1.00. The van der Waals surface area contributed by atoms with Crippen LogP contribution in [-0.4, -0.2) is 78.8 Å². The second-order valence-electron chi connectivity index (χ2n) is 9.90. The minimum atomic E-state index is -3.35. The fourth-order valence-electron chi connectivity index (χ4n) is 4.33. The van der Waals surface area contributed by atoms with Gasteiger partial charge in [-0.2, -0.15) is 8.42 Å². The number of alkyl halides is 1. The van der Waals surface area contributed by atoms with Gasteiger partial charge >= 0.3 is 0 Å². The normalized spacial score (nSPS) is 11.6. The van der Waals surface area contributed by atoms with Gasteiger partial charge in [0.05, 0.1) is 19.0 Å². The van der Waals surface area contributed by atoms with E-state index in [4.69, 9.17) is 4.18 Å². The summed E-state index contributed by atoms with van der Waals surface area (Å²) < 4.78 is 41.0. The van der Waals surface area contributed by atoms with Crippen LogP contribution in [0.3, 0.4) is 0 Å². The molecule has 0 aromatic carbocycles. The fourth-order valence-corrected chi connectivity index (χ4v) is 5.38. The van der Waals surface area contributed by atoms with Crippen molar-refractivity contribution in [3.05, 3.63) is 0 Å². The van der Waals surface area contributed by atoms with Crippen molar-refractivity contribution >= 4 is 61.5 Å². The van der Waals surface area contributed by atoms with Gasteiger partial charge in [-0.1, -0.05) is 142 Å². The van der Waals surface area contributed by atoms with E-state index < -0.39 is 10.1 Å². The Hall–Kier alpha value is 1.48. The summed E-state index contributed by atoms with van der Waals surface area (Å²) in [5.74, 6) is 0.147. The Kier molecular flexibility index (Phi) is 34.0. The predicted molar refractivity (Wildman–Crippen MR) is 148 cm³/mol. The first-order valence-electron chi connectivity index (χ1n) is 14.6. The van der Waals surface area contributed by atoms with Crippen LogP contribution in [0, 0.1) is 0 Å². The van der Waals surface area contributed by atoms with Crippen molar-refractivity contribution in [1.29, 1.82) is 0 Å². The van der Waals surface area contributed by atoms with E-state index >= 15 is 0 Å². The van der Waals surface area contributed by atoms with Crippen molar-refractivity contribution in [3.8, 4) is 0 Å². The van der Waals surface area contributed by atoms with Gasteiger partial charge in [-0.05, 0) is 19.3 Å². The van der Waals surface area contributed by atoms with Crippen LogP contribution in [-0.2, 0) is 14.3 Å². The molecule has 3 nitrogen and oxygen atoms in total. The van der Waals surface area contributed by atoms with Gasteiger partial charge in [0.15, 0.2) is 0 Å². The molecule has 0 fully saturated rings. The topological polar surface area (TPSA) is 43.4 Å². The average molecular weight is 532 g/mol. The Bertz CT molecular complexity index is 474. The number of hydrogen-bond acceptors (Lipinski definition) is 3. The first kappa shape index (κ1) is 37.6. The van der Waals surface area contributed by atoms with E-state index in [1.807, 2.05) is 0 Å². The summed E-state index contributed by atoms with van der Waals surface area (Å²) in [6.07, 6.45) is 28.7. The second-order valence-corrected chi connectivity index (χ2v) is 11.7. The van der Waals surface area contributed by atoms with Crippen LogP contribution in [0.1, 0.15) is 161 Å². The van der Waals surface area contributed by atoms with E-state index in [0.29, 0.717) is 19.4 Å². The molecule has 34 heavy (non-hydrogen) atoms. The molecule has 0 aromatic heterocycles. The summed E-state index contributed by atoms with van der Waals surface area (Å²) in [6, 6.07) is 0. The molecular formula is C28H57FKO3S. The largest absolute Gasteiger partial charge is 0.270 e. The number of unbranched alkanes of at least 4 members (excludes halogenated alkanes) is 22. The molecule has 0 rings (SSSR count). The number of rotatable bonds is 28. The quantitative estimate of drug-likeness (QED) is 0.0574. The zero-order valence-corrected chi connectivity index (χ0v) is 27.0. The van der Waals surface area contributed by atoms with E-state index in [-0.39, 0.29) is 63.8 Å². The van der Waals surface area contributed by atoms with Crippen molar-refractivity contribution in [2.75, 3.05) is 19.0 Å². The van der Waals surface area contributed by atoms with E-state index in [2.05, 4.69) is 6.92 Å². The molecule has 0 atom stereocenters. The van der Waals surface area contributed by atoms with Crippen LogP contribution in [0.4, 0.5) is 4.39 Å². The van der Waals surface area contributed by atoms with Crippen molar-refractivity contribution in [3.63, 3.8) is 0 Å². The molecule has 0 spiro atoms. The van der Waals surface area contributed by atoms with Gasteiger partial charge in [-0.15, -0.1) is 0 Å². The molecule has 1 radical (unpaired) electrons. The van der Waals surface area contributed by atoms with E-state index in [0.717, 1.165) is 51.4 Å². The first-order valence-corrected chi connectivity index (χ1v) is 16.1. The van der Waals surface area contributed by atoms with Gasteiger partial charge < -0.3 is 0 Å². The predicted octanol–water partition coefficient (Wildman–Crippen LogP) is 9.30. The Morgan fingerprint density at radius 1 is 0.500 bits per heavy atom. The molecule has 6 heteroatoms. The van der Waals surface area contributed by atoms with Crippen LogP contribution >= 0.6 is 0 Å². The molecule has 0 aliphatic carbocycles. The molecule has 0 aliphatic heterocycles. The van der Waals surface area contributed by atoms with Gasteiger partial charge in [0.2, 0.25) is 0 Å². The van der Waals surface area contributed by atoms with Crippen LogP contribution in [0.25, 0.3) is 0 Å². The van der Waals surface area contributed by atoms with Gasteiger partial charge in [0, 0.05) is 51.4 Å². The van der Waals surface area contributed by atoms with Gasteiger partial charge in [0.1, 0.15) is 0 Å². The SMILES string of the molecule is CCCCCCCCCCCCCCCCCCOS(=O)(=O)CCCCCCCCCCF.[K]. The Morgan fingerprint density at radius 2 is 0.824 bits per heavy atom. The first-order chi connectivity index (χ1) is 16.1. The summed E-state index contributed by atoms with van der Waals surface area (Å²) in [5, 5.41) is 0. The Labute approximate surface area is 256 Å². The summed E-state index contributed by atoms with van der Waals surface area (Å²) in [6.45, 7) is 2.40. The Balaban J connectivity index is 0. The zero-order valence-electron chi connectivity index (χ0n) is 23.1. The van der Waals surface area contributed by atoms with Gasteiger partial charge in [0.25, 0.3) is 10.1 Å². The third-order valence-corrected chi connectivity index (χ3v) is 7.85. The van der Waals surface area contributed by atoms with E-state index in [9.17, 15) is 12.8 Å². The second kappa shape index (κ2) is 30.7. The van der Waals surface area contributed by atoms with Crippen LogP contribution < -0.4 is 0 Å². The van der Waals surface area contributed by atoms with E-state index in [1.54, 1.807) is 0 Å². The molecule has 0 bridgehead atoms. The maximum absolute atomic E-state index is 12.0. The van der Waals surface area contributed by atoms with E-state index in [1.165, 1.54) is 89.9 Å². The average Bonchev–Trinajstić information content (AvgIpc) is 2.80. The standard InChI is InChI=1S/C28H57FO3S.K/c1-2-3-4-5-6-7-8-9-10-11-12-13-15-18-21-24-27-32-33(30,31)28-25-22-19-16-14-17-20-23-26-29;/h2-28H2,1H3;. The molecule has 0 amide bonds. The molecule has 0 unspecified atom stereocenters. The monoisotopic (exact) mass is 531 g/mol. The van der Waals surface area contributed by atoms with Gasteiger partial charge in [-0.3, -0.25) is 8.57 Å². The molecule has 0 N–H and O–H groups in total. The minimum Gasteiger partial charge on any atom is -0.270 e. The molecular weight excluding hydrogens is 474 g/mol. The number of halogens is 1. The number of hydrogen-bond donors (Lipinski definition) is 0. The third-order valence-electron chi connectivity index (χ3n) is 6.54. The maximum atomic E-state index is 12.0. The molecule has 201 valence electrons. The van der Waals surface area contributed by atoms with Crippen LogP contribution in [0.2, 0.25) is 0 Å². The summed E-state index contributed by atoms with van der Waals surface area (Å²) in [5.41, 5.74) is 0. The van der Waals surface area contributed by atoms with Crippen molar-refractivity contribution < 1.29 is 17.0 Å². The van der Waals surface area contributed by atoms with Gasteiger partial charge in [-0.25, -0.2) is 0 Å². The van der Waals surface area contributed by atoms with Crippen LogP contribution in [0.15, 0.2) is 0 Å². The molecule has 0 saturated carbocycles. The summed E-state index contributed by atoms with van der Waals surface area (Å²) >= 11 is 0. The zero-order chi connectivity index (χ0) is 24.3. The molecule has 0 heterocycles. The van der Waals surface area contributed by atoms with Crippen molar-refractivity contribution in [2.24, 2.45) is 0 Å². The van der Waals surface area contributed by atoms with Crippen molar-refractivity contribution in [1.82, 2.24) is 0 Å².